The summed E-state index contributed by atoms with van der Waals surface area (Å²) in [5.41, 5.74) is 5.14. The molecule has 40 valence electrons. The number of hydrogen-bond donors (Lipinski definition) is 3. The van der Waals surface area contributed by atoms with E-state index in [9.17, 15) is 0 Å². The molecule has 1 heterocycles. The van der Waals surface area contributed by atoms with E-state index in [2.05, 4.69) is 5.32 Å². The molecular formula is C4H9N3. The van der Waals surface area contributed by atoms with Crippen molar-refractivity contribution < 1.29 is 0 Å². The number of nitrogens with one attached hydrogen (secondary N) is 2. The molecular weight excluding hydrogens is 90.1 g/mol. The van der Waals surface area contributed by atoms with Gasteiger partial charge in [0, 0.05) is 19.0 Å². The number of amidine groups is 1. The van der Waals surface area contributed by atoms with Crippen molar-refractivity contribution in [1.29, 1.82) is 5.41 Å². The Hall–Kier alpha value is -0.570. The Morgan fingerprint density at radius 3 is 2.29 bits per heavy atom. The van der Waals surface area contributed by atoms with Gasteiger partial charge in [0.2, 0.25) is 0 Å². The van der Waals surface area contributed by atoms with Gasteiger partial charge in [-0.25, -0.2) is 0 Å². The van der Waals surface area contributed by atoms with Gasteiger partial charge < -0.3 is 11.1 Å². The first-order chi connectivity index (χ1) is 3.30. The first kappa shape index (κ1) is 4.59. The van der Waals surface area contributed by atoms with E-state index in [1.165, 1.54) is 0 Å². The van der Waals surface area contributed by atoms with Crippen LogP contribution in [0.3, 0.4) is 0 Å². The van der Waals surface area contributed by atoms with Gasteiger partial charge in [-0.3, -0.25) is 5.41 Å². The smallest absolute Gasteiger partial charge is 0.0962 e. The summed E-state index contributed by atoms with van der Waals surface area (Å²) in [6.45, 7) is 1.80. The van der Waals surface area contributed by atoms with Crippen molar-refractivity contribution in [2.45, 2.75) is 0 Å². The summed E-state index contributed by atoms with van der Waals surface area (Å²) in [7, 11) is 0. The standard InChI is InChI=1S/C4H9N3/c5-4(6)3-1-7-2-3/h3,7H,1-2H2,(H3,5,6). The van der Waals surface area contributed by atoms with Crippen molar-refractivity contribution in [3.05, 3.63) is 0 Å². The summed E-state index contributed by atoms with van der Waals surface area (Å²) < 4.78 is 0. The molecule has 0 atom stereocenters. The Morgan fingerprint density at radius 2 is 2.29 bits per heavy atom. The Balaban J connectivity index is 2.27. The van der Waals surface area contributed by atoms with Crippen LogP contribution >= 0.6 is 0 Å². The van der Waals surface area contributed by atoms with Gasteiger partial charge in [0.25, 0.3) is 0 Å². The molecule has 7 heavy (non-hydrogen) atoms. The molecule has 3 heteroatoms. The summed E-state index contributed by atoms with van der Waals surface area (Å²) >= 11 is 0. The molecule has 0 aromatic carbocycles. The normalized spacial score (nSPS) is 21.1. The summed E-state index contributed by atoms with van der Waals surface area (Å²) in [6.07, 6.45) is 0. The fourth-order valence-electron chi connectivity index (χ4n) is 0.509. The molecule has 1 aliphatic heterocycles. The number of hydrogen-bond acceptors (Lipinski definition) is 2. The monoisotopic (exact) mass is 99.1 g/mol. The lowest BCUT2D eigenvalue weighted by Crippen LogP contribution is -2.48. The Bertz CT molecular complexity index is 84.9. The third-order valence-corrected chi connectivity index (χ3v) is 1.22. The fraction of sp³-hybridized carbons (Fsp3) is 0.750. The van der Waals surface area contributed by atoms with Gasteiger partial charge in [-0.15, -0.1) is 0 Å². The first-order valence-electron chi connectivity index (χ1n) is 2.35. The maximum atomic E-state index is 6.89. The second-order valence-electron chi connectivity index (χ2n) is 1.81. The van der Waals surface area contributed by atoms with E-state index in [0.29, 0.717) is 11.8 Å². The molecule has 0 aliphatic carbocycles. The summed E-state index contributed by atoms with van der Waals surface area (Å²) in [6, 6.07) is 0. The molecule has 0 radical (unpaired) electrons. The SMILES string of the molecule is N=C(N)C1CNC1. The Morgan fingerprint density at radius 1 is 1.71 bits per heavy atom. The molecule has 0 unspecified atom stereocenters. The zero-order chi connectivity index (χ0) is 5.28. The topological polar surface area (TPSA) is 61.9 Å². The maximum absolute atomic E-state index is 6.89. The lowest BCUT2D eigenvalue weighted by atomic mass is 10.0. The fourth-order valence-corrected chi connectivity index (χ4v) is 0.509. The number of nitrogens with two attached hydrogens (primary N) is 1. The first-order valence-corrected chi connectivity index (χ1v) is 2.35. The van der Waals surface area contributed by atoms with Crippen LogP contribution in [0.1, 0.15) is 0 Å². The van der Waals surface area contributed by atoms with Crippen molar-refractivity contribution in [2.24, 2.45) is 11.7 Å². The van der Waals surface area contributed by atoms with E-state index in [-0.39, 0.29) is 0 Å². The molecule has 0 spiro atoms. The average Bonchev–Trinajstić information content (AvgIpc) is 1.23. The molecule has 1 rings (SSSR count). The van der Waals surface area contributed by atoms with Crippen molar-refractivity contribution in [3.8, 4) is 0 Å². The van der Waals surface area contributed by atoms with E-state index in [1.807, 2.05) is 0 Å². The van der Waals surface area contributed by atoms with Gasteiger partial charge in [-0.1, -0.05) is 0 Å². The summed E-state index contributed by atoms with van der Waals surface area (Å²) in [5, 5.41) is 9.91. The van der Waals surface area contributed by atoms with Gasteiger partial charge in [0.1, 0.15) is 0 Å². The van der Waals surface area contributed by atoms with Crippen molar-refractivity contribution in [3.63, 3.8) is 0 Å². The predicted octanol–water partition coefficient (Wildman–Crippen LogP) is -0.858. The average molecular weight is 99.1 g/mol. The maximum Gasteiger partial charge on any atom is 0.0962 e. The second-order valence-corrected chi connectivity index (χ2v) is 1.81. The lowest BCUT2D eigenvalue weighted by molar-refractivity contribution is 0.439. The molecule has 0 amide bonds. The van der Waals surface area contributed by atoms with Crippen LogP contribution in [-0.4, -0.2) is 18.9 Å². The highest BCUT2D eigenvalue weighted by Crippen LogP contribution is 1.99. The van der Waals surface area contributed by atoms with Crippen LogP contribution in [0.2, 0.25) is 0 Å². The van der Waals surface area contributed by atoms with E-state index in [1.54, 1.807) is 0 Å². The second kappa shape index (κ2) is 1.50. The Labute approximate surface area is 42.4 Å². The molecule has 1 aliphatic rings. The van der Waals surface area contributed by atoms with Crippen LogP contribution in [0.4, 0.5) is 0 Å². The van der Waals surface area contributed by atoms with E-state index >= 15 is 0 Å². The van der Waals surface area contributed by atoms with Gasteiger partial charge in [-0.05, 0) is 0 Å². The third kappa shape index (κ3) is 0.718. The van der Waals surface area contributed by atoms with Crippen molar-refractivity contribution >= 4 is 5.84 Å². The molecule has 1 fully saturated rings. The molecule has 0 aromatic rings. The van der Waals surface area contributed by atoms with E-state index in [0.717, 1.165) is 13.1 Å². The lowest BCUT2D eigenvalue weighted by Gasteiger charge is -2.25. The van der Waals surface area contributed by atoms with E-state index < -0.39 is 0 Å². The summed E-state index contributed by atoms with van der Waals surface area (Å²) in [4.78, 5) is 0. The van der Waals surface area contributed by atoms with Gasteiger partial charge in [0.15, 0.2) is 0 Å². The van der Waals surface area contributed by atoms with Crippen LogP contribution in [0.25, 0.3) is 0 Å². The van der Waals surface area contributed by atoms with Crippen molar-refractivity contribution in [2.75, 3.05) is 13.1 Å². The predicted molar refractivity (Wildman–Crippen MR) is 28.3 cm³/mol. The van der Waals surface area contributed by atoms with Crippen molar-refractivity contribution in [1.82, 2.24) is 5.32 Å². The zero-order valence-electron chi connectivity index (χ0n) is 4.07. The van der Waals surface area contributed by atoms with Crippen LogP contribution in [-0.2, 0) is 0 Å². The summed E-state index contributed by atoms with van der Waals surface area (Å²) in [5.74, 6) is 0.652. The molecule has 0 saturated carbocycles. The van der Waals surface area contributed by atoms with Gasteiger partial charge in [0.05, 0.1) is 5.84 Å². The largest absolute Gasteiger partial charge is 0.387 e. The molecule has 0 aromatic heterocycles. The molecule has 3 nitrogen and oxygen atoms in total. The number of rotatable bonds is 1. The zero-order valence-corrected chi connectivity index (χ0v) is 4.07. The van der Waals surface area contributed by atoms with E-state index in [4.69, 9.17) is 11.1 Å². The highest BCUT2D eigenvalue weighted by molar-refractivity contribution is 5.80. The van der Waals surface area contributed by atoms with Crippen LogP contribution in [0.5, 0.6) is 0 Å². The molecule has 0 bridgehead atoms. The van der Waals surface area contributed by atoms with Crippen LogP contribution in [0.15, 0.2) is 0 Å². The van der Waals surface area contributed by atoms with Crippen LogP contribution in [0, 0.1) is 11.3 Å². The highest BCUT2D eigenvalue weighted by atomic mass is 15.0. The molecule has 4 N–H and O–H groups in total. The highest BCUT2D eigenvalue weighted by Gasteiger charge is 2.18. The van der Waals surface area contributed by atoms with Gasteiger partial charge >= 0.3 is 0 Å². The van der Waals surface area contributed by atoms with Crippen LogP contribution < -0.4 is 11.1 Å². The minimum atomic E-state index is 0.318. The minimum Gasteiger partial charge on any atom is -0.387 e. The third-order valence-electron chi connectivity index (χ3n) is 1.22. The quantitative estimate of drug-likeness (QED) is 0.296. The minimum absolute atomic E-state index is 0.318. The molecule has 1 saturated heterocycles. The van der Waals surface area contributed by atoms with Gasteiger partial charge in [-0.2, -0.15) is 0 Å². The Kier molecular flexibility index (Phi) is 0.982.